The Bertz CT molecular complexity index is 829. The molecule has 0 saturated heterocycles. The highest BCUT2D eigenvalue weighted by Crippen LogP contribution is 2.35. The molecule has 2 aromatic rings. The maximum atomic E-state index is 14.8. The first-order chi connectivity index (χ1) is 11.9. The molecule has 132 valence electrons. The molecule has 0 nitrogen and oxygen atoms in total. The van der Waals surface area contributed by atoms with E-state index in [2.05, 4.69) is 6.92 Å². The van der Waals surface area contributed by atoms with Crippen LogP contribution >= 0.6 is 0 Å². The topological polar surface area (TPSA) is 0 Å². The first-order valence-corrected chi connectivity index (χ1v) is 8.25. The van der Waals surface area contributed by atoms with Crippen molar-refractivity contribution in [2.75, 3.05) is 0 Å². The van der Waals surface area contributed by atoms with E-state index in [0.29, 0.717) is 36.1 Å². The molecule has 2 aromatic carbocycles. The van der Waals surface area contributed by atoms with Gasteiger partial charge in [-0.2, -0.15) is 0 Å². The maximum absolute atomic E-state index is 14.8. The molecule has 0 saturated carbocycles. The van der Waals surface area contributed by atoms with Crippen molar-refractivity contribution in [1.29, 1.82) is 0 Å². The van der Waals surface area contributed by atoms with Crippen LogP contribution in [0, 0.1) is 29.1 Å². The lowest BCUT2D eigenvalue weighted by molar-refractivity contribution is 0.447. The Labute approximate surface area is 143 Å². The van der Waals surface area contributed by atoms with Crippen LogP contribution in [0.15, 0.2) is 29.8 Å². The van der Waals surface area contributed by atoms with Crippen molar-refractivity contribution in [1.82, 2.24) is 0 Å². The molecule has 0 amide bonds. The van der Waals surface area contributed by atoms with Crippen LogP contribution in [0.5, 0.6) is 0 Å². The van der Waals surface area contributed by atoms with Crippen molar-refractivity contribution in [3.8, 4) is 11.1 Å². The van der Waals surface area contributed by atoms with Crippen LogP contribution in [0.3, 0.4) is 0 Å². The van der Waals surface area contributed by atoms with Crippen LogP contribution < -0.4 is 0 Å². The summed E-state index contributed by atoms with van der Waals surface area (Å²) in [6, 6.07) is 2.43. The summed E-state index contributed by atoms with van der Waals surface area (Å²) in [5, 5.41) is 0. The second-order valence-corrected chi connectivity index (χ2v) is 6.29. The molecule has 0 spiro atoms. The average molecular weight is 352 g/mol. The van der Waals surface area contributed by atoms with E-state index in [1.807, 2.05) is 6.08 Å². The fourth-order valence-corrected chi connectivity index (χ4v) is 3.21. The van der Waals surface area contributed by atoms with Crippen LogP contribution in [0.4, 0.5) is 22.0 Å². The highest BCUT2D eigenvalue weighted by atomic mass is 19.2. The highest BCUT2D eigenvalue weighted by Gasteiger charge is 2.23. The molecule has 0 fully saturated rings. The van der Waals surface area contributed by atoms with Crippen molar-refractivity contribution >= 4 is 0 Å². The predicted molar refractivity (Wildman–Crippen MR) is 86.7 cm³/mol. The number of allylic oxidation sites excluding steroid dienone is 2. The zero-order chi connectivity index (χ0) is 18.1. The summed E-state index contributed by atoms with van der Waals surface area (Å²) >= 11 is 0. The van der Waals surface area contributed by atoms with Crippen molar-refractivity contribution in [3.63, 3.8) is 0 Å². The maximum Gasteiger partial charge on any atom is 0.194 e. The first kappa shape index (κ1) is 17.6. The molecule has 0 aliphatic heterocycles. The molecule has 1 aliphatic rings. The van der Waals surface area contributed by atoms with Gasteiger partial charge in [0.2, 0.25) is 0 Å². The average Bonchev–Trinajstić information content (AvgIpc) is 2.57. The molecule has 0 N–H and O–H groups in total. The molecule has 0 bridgehead atoms. The van der Waals surface area contributed by atoms with E-state index < -0.39 is 34.6 Å². The molecule has 0 unspecified atom stereocenters. The molecular formula is C20H17F5. The fraction of sp³-hybridized carbons (Fsp3) is 0.300. The summed E-state index contributed by atoms with van der Waals surface area (Å²) in [4.78, 5) is 0. The number of hydrogen-bond donors (Lipinski definition) is 0. The zero-order valence-corrected chi connectivity index (χ0v) is 13.7. The quantitative estimate of drug-likeness (QED) is 0.346. The van der Waals surface area contributed by atoms with Gasteiger partial charge >= 0.3 is 0 Å². The molecule has 1 aliphatic carbocycles. The van der Waals surface area contributed by atoms with E-state index >= 15 is 0 Å². The highest BCUT2D eigenvalue weighted by molar-refractivity contribution is 5.67. The van der Waals surface area contributed by atoms with Gasteiger partial charge in [-0.1, -0.05) is 25.0 Å². The second-order valence-electron chi connectivity index (χ2n) is 6.29. The van der Waals surface area contributed by atoms with Gasteiger partial charge in [-0.15, -0.1) is 0 Å². The molecule has 0 aromatic heterocycles. The third-order valence-corrected chi connectivity index (χ3v) is 4.55. The van der Waals surface area contributed by atoms with Crippen LogP contribution in [-0.4, -0.2) is 0 Å². The van der Waals surface area contributed by atoms with Crippen LogP contribution in [0.25, 0.3) is 11.1 Å². The number of unbranched alkanes of at least 4 members (excludes halogenated alkanes) is 1. The molecule has 0 atom stereocenters. The normalized spacial score (nSPS) is 13.6. The van der Waals surface area contributed by atoms with Gasteiger partial charge in [0.15, 0.2) is 17.5 Å². The fourth-order valence-electron chi connectivity index (χ4n) is 3.21. The van der Waals surface area contributed by atoms with Crippen molar-refractivity contribution < 1.29 is 22.0 Å². The summed E-state index contributed by atoms with van der Waals surface area (Å²) in [6.45, 7) is 2.07. The van der Waals surface area contributed by atoms with Gasteiger partial charge < -0.3 is 0 Å². The van der Waals surface area contributed by atoms with E-state index in [4.69, 9.17) is 0 Å². The van der Waals surface area contributed by atoms with Gasteiger partial charge in [0.05, 0.1) is 5.56 Å². The first-order valence-electron chi connectivity index (χ1n) is 8.25. The number of fused-ring (bicyclic) bond motifs is 1. The summed E-state index contributed by atoms with van der Waals surface area (Å²) in [6.07, 6.45) is 5.63. The van der Waals surface area contributed by atoms with Crippen LogP contribution in [0.1, 0.15) is 37.3 Å². The number of rotatable bonds is 4. The van der Waals surface area contributed by atoms with E-state index in [1.54, 1.807) is 0 Å². The molecule has 0 radical (unpaired) electrons. The molecule has 3 rings (SSSR count). The SMILES string of the molecule is CCCCC1=CCc2c(cc(F)c(-c3cc(F)c(F)c(F)c3)c2F)C1. The number of hydrogen-bond acceptors (Lipinski definition) is 0. The van der Waals surface area contributed by atoms with Gasteiger partial charge in [-0.3, -0.25) is 0 Å². The second kappa shape index (κ2) is 6.98. The van der Waals surface area contributed by atoms with Gasteiger partial charge in [0.25, 0.3) is 0 Å². The minimum Gasteiger partial charge on any atom is -0.206 e. The van der Waals surface area contributed by atoms with Gasteiger partial charge in [-0.25, -0.2) is 22.0 Å². The third-order valence-electron chi connectivity index (χ3n) is 4.55. The lowest BCUT2D eigenvalue weighted by atomic mass is 9.86. The Kier molecular flexibility index (Phi) is 4.93. The zero-order valence-electron chi connectivity index (χ0n) is 13.7. The lowest BCUT2D eigenvalue weighted by Gasteiger charge is -2.20. The summed E-state index contributed by atoms with van der Waals surface area (Å²) < 4.78 is 69.3. The Morgan fingerprint density at radius 1 is 0.880 bits per heavy atom. The third kappa shape index (κ3) is 3.32. The van der Waals surface area contributed by atoms with Gasteiger partial charge in [-0.05, 0) is 60.6 Å². The largest absolute Gasteiger partial charge is 0.206 e. The standard InChI is InChI=1S/C20H17F5/c1-2-3-4-11-5-6-14-12(7-11)8-15(21)18(19(14)24)13-9-16(22)20(25)17(23)10-13/h5,8-10H,2-4,6-7H2,1H3. The van der Waals surface area contributed by atoms with E-state index in [9.17, 15) is 22.0 Å². The van der Waals surface area contributed by atoms with E-state index in [1.165, 1.54) is 6.07 Å². The number of halogens is 5. The van der Waals surface area contributed by atoms with Crippen molar-refractivity contribution in [2.45, 2.75) is 39.0 Å². The molecule has 25 heavy (non-hydrogen) atoms. The molecular weight excluding hydrogens is 335 g/mol. The Hall–Kier alpha value is -2.17. The minimum absolute atomic E-state index is 0.305. The van der Waals surface area contributed by atoms with Crippen LogP contribution in [-0.2, 0) is 12.8 Å². The van der Waals surface area contributed by atoms with Crippen molar-refractivity contribution in [2.24, 2.45) is 0 Å². The Morgan fingerprint density at radius 2 is 1.56 bits per heavy atom. The van der Waals surface area contributed by atoms with Crippen molar-refractivity contribution in [3.05, 3.63) is 70.1 Å². The Balaban J connectivity index is 2.04. The van der Waals surface area contributed by atoms with Gasteiger partial charge in [0, 0.05) is 0 Å². The molecule has 0 heterocycles. The van der Waals surface area contributed by atoms with Crippen LogP contribution in [0.2, 0.25) is 0 Å². The minimum atomic E-state index is -1.66. The Morgan fingerprint density at radius 3 is 2.20 bits per heavy atom. The smallest absolute Gasteiger partial charge is 0.194 e. The predicted octanol–water partition coefficient (Wildman–Crippen LogP) is 6.26. The summed E-state index contributed by atoms with van der Waals surface area (Å²) in [7, 11) is 0. The van der Waals surface area contributed by atoms with E-state index in [0.717, 1.165) is 24.8 Å². The summed E-state index contributed by atoms with van der Waals surface area (Å²) in [5.74, 6) is -6.36. The lowest BCUT2D eigenvalue weighted by Crippen LogP contribution is -2.09. The molecule has 5 heteroatoms. The monoisotopic (exact) mass is 352 g/mol. The number of benzene rings is 2. The van der Waals surface area contributed by atoms with E-state index in [-0.39, 0.29) is 5.56 Å². The van der Waals surface area contributed by atoms with Gasteiger partial charge in [0.1, 0.15) is 11.6 Å². The summed E-state index contributed by atoms with van der Waals surface area (Å²) in [5.41, 5.74) is 1.13.